The molecule has 0 radical (unpaired) electrons. The number of nitrogens with zero attached hydrogens (tertiary/aromatic N) is 4. The SMILES string of the molecule is COc1ccc(/C=C/C(=O)Nc2nnc(SCC(=O)Nc3nnc(C)s3)s2)cc1OC. The van der Waals surface area contributed by atoms with Crippen molar-refractivity contribution in [2.75, 3.05) is 30.6 Å². The zero-order valence-corrected chi connectivity index (χ0v) is 19.2. The molecule has 162 valence electrons. The van der Waals surface area contributed by atoms with Gasteiger partial charge in [-0.25, -0.2) is 0 Å². The number of rotatable bonds is 9. The van der Waals surface area contributed by atoms with E-state index in [2.05, 4.69) is 31.0 Å². The highest BCUT2D eigenvalue weighted by Gasteiger charge is 2.11. The molecule has 0 unspecified atom stereocenters. The number of carbonyl (C=O) groups is 2. The van der Waals surface area contributed by atoms with E-state index in [1.165, 1.54) is 40.5 Å². The number of methoxy groups -OCH3 is 2. The lowest BCUT2D eigenvalue weighted by molar-refractivity contribution is -0.114. The van der Waals surface area contributed by atoms with Gasteiger partial charge in [-0.3, -0.25) is 20.2 Å². The van der Waals surface area contributed by atoms with Crippen molar-refractivity contribution in [3.8, 4) is 11.5 Å². The molecule has 0 saturated carbocycles. The average Bonchev–Trinajstić information content (AvgIpc) is 3.38. The van der Waals surface area contributed by atoms with E-state index in [1.54, 1.807) is 38.5 Å². The van der Waals surface area contributed by atoms with Crippen molar-refractivity contribution in [2.24, 2.45) is 0 Å². The van der Waals surface area contributed by atoms with Crippen LogP contribution in [0.1, 0.15) is 10.6 Å². The molecule has 1 aromatic carbocycles. The van der Waals surface area contributed by atoms with E-state index < -0.39 is 0 Å². The molecule has 3 rings (SSSR count). The molecule has 0 aliphatic rings. The summed E-state index contributed by atoms with van der Waals surface area (Å²) in [5.74, 6) is 0.739. The van der Waals surface area contributed by atoms with Gasteiger partial charge in [-0.05, 0) is 30.7 Å². The summed E-state index contributed by atoms with van der Waals surface area (Å²) >= 11 is 3.69. The standard InChI is InChI=1S/C18H18N6O4S3/c1-10-21-22-16(30-10)20-15(26)9-29-18-24-23-17(31-18)19-14(25)7-5-11-4-6-12(27-2)13(8-11)28-3/h4-8H,9H2,1-3H3,(H,19,23,25)(H,20,22,26)/b7-5+. The van der Waals surface area contributed by atoms with Crippen LogP contribution in [0, 0.1) is 6.92 Å². The highest BCUT2D eigenvalue weighted by molar-refractivity contribution is 8.01. The first-order valence-corrected chi connectivity index (χ1v) is 11.4. The van der Waals surface area contributed by atoms with Crippen molar-refractivity contribution >= 4 is 62.6 Å². The van der Waals surface area contributed by atoms with Crippen LogP contribution in [0.3, 0.4) is 0 Å². The smallest absolute Gasteiger partial charge is 0.250 e. The van der Waals surface area contributed by atoms with Crippen LogP contribution in [0.4, 0.5) is 10.3 Å². The van der Waals surface area contributed by atoms with Gasteiger partial charge in [0, 0.05) is 6.08 Å². The highest BCUT2D eigenvalue weighted by atomic mass is 32.2. The molecule has 10 nitrogen and oxygen atoms in total. The molecule has 0 atom stereocenters. The lowest BCUT2D eigenvalue weighted by Gasteiger charge is -2.07. The van der Waals surface area contributed by atoms with Crippen LogP contribution >= 0.6 is 34.4 Å². The maximum atomic E-state index is 12.1. The first-order chi connectivity index (χ1) is 15.0. The minimum atomic E-state index is -0.355. The number of hydrogen-bond donors (Lipinski definition) is 2. The first kappa shape index (κ1) is 22.7. The topological polar surface area (TPSA) is 128 Å². The van der Waals surface area contributed by atoms with E-state index in [9.17, 15) is 9.59 Å². The number of thioether (sulfide) groups is 1. The molecular weight excluding hydrogens is 460 g/mol. The summed E-state index contributed by atoms with van der Waals surface area (Å²) < 4.78 is 11.0. The lowest BCUT2D eigenvalue weighted by atomic mass is 10.2. The first-order valence-electron chi connectivity index (χ1n) is 8.74. The minimum absolute atomic E-state index is 0.139. The van der Waals surface area contributed by atoms with Gasteiger partial charge in [0.05, 0.1) is 20.0 Å². The van der Waals surface area contributed by atoms with Gasteiger partial charge < -0.3 is 9.47 Å². The molecule has 0 aliphatic carbocycles. The van der Waals surface area contributed by atoms with Gasteiger partial charge in [-0.2, -0.15) is 0 Å². The van der Waals surface area contributed by atoms with Crippen LogP contribution < -0.4 is 20.1 Å². The normalized spacial score (nSPS) is 10.8. The molecule has 0 saturated heterocycles. The Hall–Kier alpha value is -3.03. The number of hydrogen-bond acceptors (Lipinski definition) is 11. The molecular formula is C18H18N6O4S3. The number of carbonyl (C=O) groups excluding carboxylic acids is 2. The fourth-order valence-corrected chi connectivity index (χ4v) is 4.39. The Morgan fingerprint density at radius 2 is 1.77 bits per heavy atom. The Labute approximate surface area is 190 Å². The number of aromatic nitrogens is 4. The van der Waals surface area contributed by atoms with Crippen LogP contribution in [0.25, 0.3) is 6.08 Å². The van der Waals surface area contributed by atoms with Crippen LogP contribution in [-0.2, 0) is 9.59 Å². The Morgan fingerprint density at radius 1 is 1.03 bits per heavy atom. The molecule has 31 heavy (non-hydrogen) atoms. The second-order valence-corrected chi connectivity index (χ2v) is 9.15. The van der Waals surface area contributed by atoms with Crippen LogP contribution in [-0.4, -0.2) is 52.2 Å². The second kappa shape index (κ2) is 10.8. The van der Waals surface area contributed by atoms with Gasteiger partial charge in [-0.15, -0.1) is 20.4 Å². The monoisotopic (exact) mass is 478 g/mol. The van der Waals surface area contributed by atoms with E-state index in [4.69, 9.17) is 9.47 Å². The largest absolute Gasteiger partial charge is 0.493 e. The summed E-state index contributed by atoms with van der Waals surface area (Å²) in [7, 11) is 3.10. The van der Waals surface area contributed by atoms with Crippen molar-refractivity contribution in [3.63, 3.8) is 0 Å². The molecule has 0 fully saturated rings. The lowest BCUT2D eigenvalue weighted by Crippen LogP contribution is -2.13. The fraction of sp³-hybridized carbons (Fsp3) is 0.222. The number of aryl methyl sites for hydroxylation is 1. The van der Waals surface area contributed by atoms with Crippen molar-refractivity contribution in [2.45, 2.75) is 11.3 Å². The third kappa shape index (κ3) is 6.73. The summed E-state index contributed by atoms with van der Waals surface area (Å²) in [6.45, 7) is 1.81. The van der Waals surface area contributed by atoms with Crippen molar-refractivity contribution in [1.29, 1.82) is 0 Å². The fourth-order valence-electron chi connectivity index (χ4n) is 2.22. The third-order valence-electron chi connectivity index (χ3n) is 3.57. The van der Waals surface area contributed by atoms with E-state index in [1.807, 2.05) is 6.92 Å². The summed E-state index contributed by atoms with van der Waals surface area (Å²) in [4.78, 5) is 24.1. The highest BCUT2D eigenvalue weighted by Crippen LogP contribution is 2.28. The van der Waals surface area contributed by atoms with Crippen LogP contribution in [0.5, 0.6) is 11.5 Å². The molecule has 2 aromatic heterocycles. The number of benzene rings is 1. The zero-order valence-electron chi connectivity index (χ0n) is 16.7. The molecule has 2 amide bonds. The van der Waals surface area contributed by atoms with Gasteiger partial charge in [-0.1, -0.05) is 40.5 Å². The Bertz CT molecular complexity index is 1100. The predicted octanol–water partition coefficient (Wildman–Crippen LogP) is 3.10. The van der Waals surface area contributed by atoms with Crippen molar-refractivity contribution in [1.82, 2.24) is 20.4 Å². The molecule has 0 spiro atoms. The van der Waals surface area contributed by atoms with E-state index in [0.29, 0.717) is 26.1 Å². The average molecular weight is 479 g/mol. The van der Waals surface area contributed by atoms with Gasteiger partial charge in [0.1, 0.15) is 5.01 Å². The number of nitrogens with one attached hydrogen (secondary N) is 2. The maximum absolute atomic E-state index is 12.1. The Kier molecular flexibility index (Phi) is 7.92. The molecule has 3 aromatic rings. The molecule has 13 heteroatoms. The number of amides is 2. The Balaban J connectivity index is 1.49. The van der Waals surface area contributed by atoms with Crippen molar-refractivity contribution in [3.05, 3.63) is 34.8 Å². The summed E-state index contributed by atoms with van der Waals surface area (Å²) in [6.07, 6.45) is 3.03. The molecule has 2 heterocycles. The van der Waals surface area contributed by atoms with Gasteiger partial charge >= 0.3 is 0 Å². The number of anilines is 2. The zero-order chi connectivity index (χ0) is 22.2. The van der Waals surface area contributed by atoms with E-state index in [0.717, 1.165) is 10.6 Å². The summed E-state index contributed by atoms with van der Waals surface area (Å²) in [5.41, 5.74) is 0.776. The van der Waals surface area contributed by atoms with Gasteiger partial charge in [0.15, 0.2) is 15.8 Å². The van der Waals surface area contributed by atoms with Gasteiger partial charge in [0.25, 0.3) is 0 Å². The third-order valence-corrected chi connectivity index (χ3v) is 6.30. The van der Waals surface area contributed by atoms with Crippen LogP contribution in [0.15, 0.2) is 28.6 Å². The van der Waals surface area contributed by atoms with E-state index >= 15 is 0 Å². The predicted molar refractivity (Wildman–Crippen MR) is 121 cm³/mol. The quantitative estimate of drug-likeness (QED) is 0.271. The Morgan fingerprint density at radius 3 is 2.48 bits per heavy atom. The number of ether oxygens (including phenoxy) is 2. The molecule has 0 bridgehead atoms. The second-order valence-electron chi connectivity index (χ2n) is 5.77. The van der Waals surface area contributed by atoms with Crippen LogP contribution in [0.2, 0.25) is 0 Å². The van der Waals surface area contributed by atoms with E-state index in [-0.39, 0.29) is 17.6 Å². The summed E-state index contributed by atoms with van der Waals surface area (Å²) in [6, 6.07) is 5.32. The minimum Gasteiger partial charge on any atom is -0.493 e. The molecule has 0 aliphatic heterocycles. The summed E-state index contributed by atoms with van der Waals surface area (Å²) in [5, 5.41) is 22.4. The van der Waals surface area contributed by atoms with Crippen molar-refractivity contribution < 1.29 is 19.1 Å². The maximum Gasteiger partial charge on any atom is 0.250 e. The molecule has 2 N–H and O–H groups in total. The van der Waals surface area contributed by atoms with Gasteiger partial charge in [0.2, 0.25) is 22.1 Å².